The summed E-state index contributed by atoms with van der Waals surface area (Å²) in [5.74, 6) is -0.984. The van der Waals surface area contributed by atoms with E-state index in [9.17, 15) is 9.59 Å². The lowest BCUT2D eigenvalue weighted by Crippen LogP contribution is -2.28. The Morgan fingerprint density at radius 2 is 2.10 bits per heavy atom. The van der Waals surface area contributed by atoms with E-state index in [0.717, 1.165) is 10.0 Å². The van der Waals surface area contributed by atoms with Gasteiger partial charge in [-0.05, 0) is 33.6 Å². The van der Waals surface area contributed by atoms with E-state index in [1.54, 1.807) is 18.3 Å². The van der Waals surface area contributed by atoms with Crippen molar-refractivity contribution in [2.24, 2.45) is 0 Å². The van der Waals surface area contributed by atoms with Gasteiger partial charge in [0.15, 0.2) is 6.61 Å². The maximum atomic E-state index is 11.6. The third-order valence-corrected chi connectivity index (χ3v) is 3.46. The van der Waals surface area contributed by atoms with Gasteiger partial charge in [-0.2, -0.15) is 0 Å². The van der Waals surface area contributed by atoms with Gasteiger partial charge < -0.3 is 15.0 Å². The zero-order valence-corrected chi connectivity index (χ0v) is 13.2. The minimum Gasteiger partial charge on any atom is -0.451 e. The summed E-state index contributed by atoms with van der Waals surface area (Å²) in [6.45, 7) is -0.0654. The van der Waals surface area contributed by atoms with Crippen LogP contribution in [0.2, 0.25) is 5.02 Å². The topological polar surface area (TPSA) is 71.2 Å². The zero-order chi connectivity index (χ0) is 15.2. The van der Waals surface area contributed by atoms with Crippen molar-refractivity contribution in [2.45, 2.75) is 6.54 Å². The fourth-order valence-corrected chi connectivity index (χ4v) is 2.13. The van der Waals surface area contributed by atoms with Gasteiger partial charge in [-0.3, -0.25) is 4.79 Å². The molecular weight excluding hydrogens is 360 g/mol. The van der Waals surface area contributed by atoms with Crippen LogP contribution in [0.3, 0.4) is 0 Å². The van der Waals surface area contributed by atoms with Crippen molar-refractivity contribution in [3.63, 3.8) is 0 Å². The number of aromatic nitrogens is 1. The van der Waals surface area contributed by atoms with Crippen LogP contribution >= 0.6 is 27.5 Å². The van der Waals surface area contributed by atoms with Crippen LogP contribution < -0.4 is 5.32 Å². The normalized spacial score (nSPS) is 10.2. The van der Waals surface area contributed by atoms with E-state index in [1.165, 1.54) is 0 Å². The van der Waals surface area contributed by atoms with Gasteiger partial charge >= 0.3 is 5.97 Å². The molecule has 2 N–H and O–H groups in total. The summed E-state index contributed by atoms with van der Waals surface area (Å²) in [6.07, 6.45) is 1.61. The lowest BCUT2D eigenvalue weighted by atomic mass is 10.2. The number of carbonyl (C=O) groups excluding carboxylic acids is 2. The number of carbonyl (C=O) groups is 2. The lowest BCUT2D eigenvalue weighted by molar-refractivity contribution is -0.124. The molecule has 1 aromatic carbocycles. The molecule has 0 aliphatic carbocycles. The number of hydrogen-bond acceptors (Lipinski definition) is 3. The number of rotatable bonds is 5. The predicted octanol–water partition coefficient (Wildman–Crippen LogP) is 2.90. The van der Waals surface area contributed by atoms with Gasteiger partial charge in [0.2, 0.25) is 0 Å². The average molecular weight is 372 g/mol. The zero-order valence-electron chi connectivity index (χ0n) is 10.9. The van der Waals surface area contributed by atoms with Crippen LogP contribution in [0, 0.1) is 0 Å². The van der Waals surface area contributed by atoms with Crippen molar-refractivity contribution in [1.29, 1.82) is 0 Å². The second-order valence-corrected chi connectivity index (χ2v) is 5.50. The van der Waals surface area contributed by atoms with Crippen LogP contribution in [0.15, 0.2) is 41.0 Å². The van der Waals surface area contributed by atoms with Crippen molar-refractivity contribution in [3.05, 3.63) is 57.3 Å². The van der Waals surface area contributed by atoms with E-state index in [0.29, 0.717) is 5.02 Å². The van der Waals surface area contributed by atoms with Crippen molar-refractivity contribution in [1.82, 2.24) is 10.3 Å². The molecule has 0 bridgehead atoms. The molecule has 5 nitrogen and oxygen atoms in total. The van der Waals surface area contributed by atoms with Gasteiger partial charge in [0.05, 0.1) is 0 Å². The first-order valence-electron chi connectivity index (χ1n) is 6.07. The summed E-state index contributed by atoms with van der Waals surface area (Å²) in [4.78, 5) is 26.0. The van der Waals surface area contributed by atoms with Crippen LogP contribution in [-0.4, -0.2) is 23.5 Å². The fourth-order valence-electron chi connectivity index (χ4n) is 1.58. The number of H-pyrrole nitrogens is 1. The van der Waals surface area contributed by atoms with E-state index in [2.05, 4.69) is 26.2 Å². The number of amides is 1. The number of halogens is 2. The number of ether oxygens (including phenoxy) is 1. The van der Waals surface area contributed by atoms with Gasteiger partial charge in [0.25, 0.3) is 5.91 Å². The number of esters is 1. The van der Waals surface area contributed by atoms with E-state index >= 15 is 0 Å². The molecule has 0 aliphatic heterocycles. The molecule has 0 spiro atoms. The highest BCUT2D eigenvalue weighted by atomic mass is 79.9. The Morgan fingerprint density at radius 1 is 1.33 bits per heavy atom. The summed E-state index contributed by atoms with van der Waals surface area (Å²) in [6, 6.07) is 8.77. The highest BCUT2D eigenvalue weighted by Gasteiger charge is 2.12. The summed E-state index contributed by atoms with van der Waals surface area (Å²) < 4.78 is 5.62. The molecule has 0 atom stereocenters. The largest absolute Gasteiger partial charge is 0.451 e. The molecule has 1 aromatic heterocycles. The van der Waals surface area contributed by atoms with Crippen LogP contribution in [0.1, 0.15) is 16.1 Å². The molecule has 0 aliphatic rings. The number of aromatic amines is 1. The maximum absolute atomic E-state index is 11.6. The Bertz CT molecular complexity index is 657. The number of benzene rings is 1. The summed E-state index contributed by atoms with van der Waals surface area (Å²) >= 11 is 9.18. The molecule has 110 valence electrons. The van der Waals surface area contributed by atoms with Crippen molar-refractivity contribution in [3.8, 4) is 0 Å². The number of nitrogens with one attached hydrogen (secondary N) is 2. The predicted molar refractivity (Wildman–Crippen MR) is 82.1 cm³/mol. The monoisotopic (exact) mass is 370 g/mol. The number of hydrogen-bond donors (Lipinski definition) is 2. The molecule has 2 aromatic rings. The SMILES string of the molecule is O=C(COC(=O)c1cc(Br)c[nH]1)NCc1ccccc1Cl. The minimum absolute atomic E-state index is 0.278. The third kappa shape index (κ3) is 4.61. The van der Waals surface area contributed by atoms with Crippen LogP contribution in [0.4, 0.5) is 0 Å². The first-order valence-corrected chi connectivity index (χ1v) is 7.24. The van der Waals surface area contributed by atoms with Crippen molar-refractivity contribution < 1.29 is 14.3 Å². The Hall–Kier alpha value is -1.79. The Kier molecular flexibility index (Phi) is 5.41. The maximum Gasteiger partial charge on any atom is 0.355 e. The second-order valence-electron chi connectivity index (χ2n) is 4.18. The standard InChI is InChI=1S/C14H12BrClN2O3/c15-10-5-12(17-7-10)14(20)21-8-13(19)18-6-9-3-1-2-4-11(9)16/h1-5,7,17H,6,8H2,(H,18,19). The van der Waals surface area contributed by atoms with E-state index in [1.807, 2.05) is 18.2 Å². The van der Waals surface area contributed by atoms with E-state index in [-0.39, 0.29) is 18.8 Å². The van der Waals surface area contributed by atoms with Gasteiger partial charge in [-0.1, -0.05) is 29.8 Å². The average Bonchev–Trinajstić information content (AvgIpc) is 2.90. The third-order valence-electron chi connectivity index (χ3n) is 2.64. The smallest absolute Gasteiger partial charge is 0.355 e. The second kappa shape index (κ2) is 7.28. The van der Waals surface area contributed by atoms with Gasteiger partial charge in [0, 0.05) is 22.2 Å². The van der Waals surface area contributed by atoms with Gasteiger partial charge in [-0.25, -0.2) is 4.79 Å². The molecule has 1 amide bonds. The molecule has 0 saturated heterocycles. The van der Waals surface area contributed by atoms with E-state index < -0.39 is 11.9 Å². The summed E-state index contributed by atoms with van der Waals surface area (Å²) in [5.41, 5.74) is 1.08. The molecular formula is C14H12BrClN2O3. The molecule has 0 unspecified atom stereocenters. The molecule has 7 heteroatoms. The van der Waals surface area contributed by atoms with Crippen molar-refractivity contribution >= 4 is 39.4 Å². The molecule has 0 radical (unpaired) electrons. The van der Waals surface area contributed by atoms with Crippen molar-refractivity contribution in [2.75, 3.05) is 6.61 Å². The highest BCUT2D eigenvalue weighted by molar-refractivity contribution is 9.10. The summed E-state index contributed by atoms with van der Waals surface area (Å²) in [7, 11) is 0. The Morgan fingerprint density at radius 3 is 2.76 bits per heavy atom. The molecule has 21 heavy (non-hydrogen) atoms. The molecule has 1 heterocycles. The summed E-state index contributed by atoms with van der Waals surface area (Å²) in [5, 5.41) is 3.21. The Labute approximate surface area is 134 Å². The molecule has 2 rings (SSSR count). The highest BCUT2D eigenvalue weighted by Crippen LogP contribution is 2.14. The van der Waals surface area contributed by atoms with E-state index in [4.69, 9.17) is 16.3 Å². The molecule has 0 fully saturated rings. The first kappa shape index (κ1) is 15.6. The lowest BCUT2D eigenvalue weighted by Gasteiger charge is -2.07. The first-order chi connectivity index (χ1) is 10.1. The van der Waals surface area contributed by atoms with Gasteiger partial charge in [0.1, 0.15) is 5.69 Å². The van der Waals surface area contributed by atoms with Gasteiger partial charge in [-0.15, -0.1) is 0 Å². The van der Waals surface area contributed by atoms with Crippen LogP contribution in [0.25, 0.3) is 0 Å². The van der Waals surface area contributed by atoms with Crippen LogP contribution in [-0.2, 0) is 16.1 Å². The quantitative estimate of drug-likeness (QED) is 0.794. The fraction of sp³-hybridized carbons (Fsp3) is 0.143. The minimum atomic E-state index is -0.589. The van der Waals surface area contributed by atoms with Crippen LogP contribution in [0.5, 0.6) is 0 Å². The Balaban J connectivity index is 1.78. The molecule has 0 saturated carbocycles.